The van der Waals surface area contributed by atoms with E-state index >= 15 is 0 Å². The first kappa shape index (κ1) is 16.6. The number of aliphatic hydroxyl groups is 1. The lowest BCUT2D eigenvalue weighted by atomic mass is 9.77. The van der Waals surface area contributed by atoms with Gasteiger partial charge in [-0.15, -0.1) is 0 Å². The van der Waals surface area contributed by atoms with Gasteiger partial charge in [0.1, 0.15) is 0 Å². The standard InChI is InChI=1S/C16H20FN3O4/c1-19-14(22)7-11(15(23)24)16(19)2-4-20(5-3-16)13-6-10(9-21)18-8-12(13)17/h6,8,11,21H,2-5,7,9H2,1H3,(H,23,24). The first-order chi connectivity index (χ1) is 11.4. The highest BCUT2D eigenvalue weighted by atomic mass is 19.1. The molecule has 7 nitrogen and oxygen atoms in total. The Morgan fingerprint density at radius 2 is 2.12 bits per heavy atom. The second-order valence-electron chi connectivity index (χ2n) is 6.42. The smallest absolute Gasteiger partial charge is 0.309 e. The third-order valence-corrected chi connectivity index (χ3v) is 5.39. The molecule has 0 aromatic carbocycles. The van der Waals surface area contributed by atoms with E-state index in [1.54, 1.807) is 11.9 Å². The molecule has 2 aliphatic rings. The van der Waals surface area contributed by atoms with Crippen LogP contribution in [0.15, 0.2) is 12.3 Å². The number of carboxylic acid groups (broad SMARTS) is 1. The largest absolute Gasteiger partial charge is 0.481 e. The minimum absolute atomic E-state index is 0.0180. The molecule has 1 aromatic heterocycles. The van der Waals surface area contributed by atoms with E-state index in [1.165, 1.54) is 6.07 Å². The number of halogens is 1. The van der Waals surface area contributed by atoms with E-state index < -0.39 is 23.2 Å². The number of hydrogen-bond acceptors (Lipinski definition) is 5. The zero-order valence-corrected chi connectivity index (χ0v) is 13.4. The van der Waals surface area contributed by atoms with Crippen molar-refractivity contribution in [2.75, 3.05) is 25.0 Å². The van der Waals surface area contributed by atoms with Gasteiger partial charge in [0.05, 0.1) is 35.6 Å². The Kier molecular flexibility index (Phi) is 4.16. The molecule has 0 bridgehead atoms. The molecule has 0 aliphatic carbocycles. The molecule has 2 N–H and O–H groups in total. The van der Waals surface area contributed by atoms with Crippen molar-refractivity contribution in [2.45, 2.75) is 31.4 Å². The number of aliphatic hydroxyl groups excluding tert-OH is 1. The number of likely N-dealkylation sites (tertiary alicyclic amines) is 1. The van der Waals surface area contributed by atoms with Crippen LogP contribution in [0.2, 0.25) is 0 Å². The summed E-state index contributed by atoms with van der Waals surface area (Å²) in [6.45, 7) is 0.601. The average molecular weight is 337 g/mol. The van der Waals surface area contributed by atoms with Crippen LogP contribution in [0.1, 0.15) is 25.0 Å². The van der Waals surface area contributed by atoms with Crippen molar-refractivity contribution in [1.29, 1.82) is 0 Å². The molecule has 3 heterocycles. The zero-order chi connectivity index (χ0) is 17.5. The van der Waals surface area contributed by atoms with Crippen LogP contribution in [0.25, 0.3) is 0 Å². The lowest BCUT2D eigenvalue weighted by Crippen LogP contribution is -2.56. The third kappa shape index (κ3) is 2.50. The number of carbonyl (C=O) groups is 2. The van der Waals surface area contributed by atoms with E-state index in [-0.39, 0.29) is 18.9 Å². The number of carboxylic acids is 1. The maximum atomic E-state index is 14.1. The van der Waals surface area contributed by atoms with Crippen LogP contribution in [0, 0.1) is 11.7 Å². The molecular weight excluding hydrogens is 317 g/mol. The molecule has 1 atom stereocenters. The monoisotopic (exact) mass is 337 g/mol. The van der Waals surface area contributed by atoms with Crippen LogP contribution in [0.5, 0.6) is 0 Å². The van der Waals surface area contributed by atoms with Gasteiger partial charge in [-0.05, 0) is 18.9 Å². The number of rotatable bonds is 3. The molecule has 3 rings (SSSR count). The number of nitrogens with zero attached hydrogens (tertiary/aromatic N) is 3. The van der Waals surface area contributed by atoms with Gasteiger partial charge in [0.2, 0.25) is 5.91 Å². The molecular formula is C16H20FN3O4. The predicted octanol–water partition coefficient (Wildman–Crippen LogP) is 0.615. The minimum Gasteiger partial charge on any atom is -0.481 e. The SMILES string of the molecule is CN1C(=O)CC(C(=O)O)C12CCN(c1cc(CO)ncc1F)CC2. The molecule has 1 aromatic rings. The fraction of sp³-hybridized carbons (Fsp3) is 0.562. The van der Waals surface area contributed by atoms with Crippen LogP contribution >= 0.6 is 0 Å². The zero-order valence-electron chi connectivity index (χ0n) is 13.4. The molecule has 130 valence electrons. The molecule has 24 heavy (non-hydrogen) atoms. The van der Waals surface area contributed by atoms with Gasteiger partial charge >= 0.3 is 5.97 Å². The number of hydrogen-bond donors (Lipinski definition) is 2. The molecule has 1 unspecified atom stereocenters. The average Bonchev–Trinajstić information content (AvgIpc) is 2.82. The first-order valence-corrected chi connectivity index (χ1v) is 7.89. The minimum atomic E-state index is -0.959. The van der Waals surface area contributed by atoms with Gasteiger partial charge in [-0.25, -0.2) is 4.39 Å². The van der Waals surface area contributed by atoms with Gasteiger partial charge in [0.25, 0.3) is 0 Å². The molecule has 1 spiro atoms. The summed E-state index contributed by atoms with van der Waals surface area (Å²) in [5, 5.41) is 18.6. The van der Waals surface area contributed by atoms with Crippen LogP contribution in [-0.2, 0) is 16.2 Å². The Hall–Kier alpha value is -2.22. The van der Waals surface area contributed by atoms with E-state index in [1.807, 2.05) is 4.90 Å². The number of aromatic nitrogens is 1. The molecule has 8 heteroatoms. The van der Waals surface area contributed by atoms with Gasteiger partial charge < -0.3 is 20.0 Å². The summed E-state index contributed by atoms with van der Waals surface area (Å²) < 4.78 is 14.1. The highest BCUT2D eigenvalue weighted by molar-refractivity contribution is 5.88. The van der Waals surface area contributed by atoms with Gasteiger partial charge in [-0.1, -0.05) is 0 Å². The highest BCUT2D eigenvalue weighted by Gasteiger charge is 2.55. The summed E-state index contributed by atoms with van der Waals surface area (Å²) in [7, 11) is 1.65. The summed E-state index contributed by atoms with van der Waals surface area (Å²) in [6.07, 6.45) is 2.02. The maximum Gasteiger partial charge on any atom is 0.309 e. The lowest BCUT2D eigenvalue weighted by molar-refractivity contribution is -0.145. The maximum absolute atomic E-state index is 14.1. The first-order valence-electron chi connectivity index (χ1n) is 7.89. The predicted molar refractivity (Wildman–Crippen MR) is 82.8 cm³/mol. The number of pyridine rings is 1. The van der Waals surface area contributed by atoms with Crippen LogP contribution < -0.4 is 4.90 Å². The van der Waals surface area contributed by atoms with Crippen molar-refractivity contribution in [3.05, 3.63) is 23.8 Å². The number of amides is 1. The van der Waals surface area contributed by atoms with Crippen molar-refractivity contribution in [3.8, 4) is 0 Å². The topological polar surface area (TPSA) is 94.0 Å². The van der Waals surface area contributed by atoms with Crippen molar-refractivity contribution < 1.29 is 24.2 Å². The Morgan fingerprint density at radius 1 is 1.46 bits per heavy atom. The van der Waals surface area contributed by atoms with E-state index in [0.29, 0.717) is 37.3 Å². The number of piperidine rings is 1. The summed E-state index contributed by atoms with van der Waals surface area (Å²) in [5.74, 6) is -2.33. The molecule has 2 fully saturated rings. The highest BCUT2D eigenvalue weighted by Crippen LogP contribution is 2.43. The van der Waals surface area contributed by atoms with Crippen LogP contribution in [0.3, 0.4) is 0 Å². The van der Waals surface area contributed by atoms with Crippen molar-refractivity contribution in [2.24, 2.45) is 5.92 Å². The quantitative estimate of drug-likeness (QED) is 0.840. The Labute approximate surface area is 138 Å². The van der Waals surface area contributed by atoms with E-state index in [2.05, 4.69) is 4.98 Å². The molecule has 2 aliphatic heterocycles. The normalized spacial score (nSPS) is 23.1. The summed E-state index contributed by atoms with van der Waals surface area (Å²) in [5.41, 5.74) is 0.0222. The van der Waals surface area contributed by atoms with Crippen LogP contribution in [0.4, 0.5) is 10.1 Å². The second-order valence-corrected chi connectivity index (χ2v) is 6.42. The van der Waals surface area contributed by atoms with Gasteiger partial charge in [-0.3, -0.25) is 14.6 Å². The molecule has 2 saturated heterocycles. The van der Waals surface area contributed by atoms with Gasteiger partial charge in [0, 0.05) is 26.6 Å². The third-order valence-electron chi connectivity index (χ3n) is 5.39. The second kappa shape index (κ2) is 6.01. The molecule has 0 radical (unpaired) electrons. The van der Waals surface area contributed by atoms with Gasteiger partial charge in [0.15, 0.2) is 5.82 Å². The van der Waals surface area contributed by atoms with E-state index in [4.69, 9.17) is 5.11 Å². The Balaban J connectivity index is 1.83. The van der Waals surface area contributed by atoms with E-state index in [9.17, 15) is 19.1 Å². The molecule has 1 amide bonds. The summed E-state index contributed by atoms with van der Waals surface area (Å²) in [4.78, 5) is 30.7. The summed E-state index contributed by atoms with van der Waals surface area (Å²) >= 11 is 0. The van der Waals surface area contributed by atoms with Crippen molar-refractivity contribution in [3.63, 3.8) is 0 Å². The van der Waals surface area contributed by atoms with Crippen molar-refractivity contribution in [1.82, 2.24) is 9.88 Å². The summed E-state index contributed by atoms with van der Waals surface area (Å²) in [6, 6.07) is 1.51. The van der Waals surface area contributed by atoms with E-state index in [0.717, 1.165) is 6.20 Å². The fourth-order valence-corrected chi connectivity index (χ4v) is 3.92. The van der Waals surface area contributed by atoms with Crippen LogP contribution in [-0.4, -0.2) is 57.6 Å². The van der Waals surface area contributed by atoms with Crippen molar-refractivity contribution >= 4 is 17.6 Å². The number of carbonyl (C=O) groups excluding carboxylic acids is 1. The molecule has 0 saturated carbocycles. The number of aliphatic carboxylic acids is 1. The Bertz CT molecular complexity index is 673. The fourth-order valence-electron chi connectivity index (χ4n) is 3.92. The number of anilines is 1. The lowest BCUT2D eigenvalue weighted by Gasteiger charge is -2.46. The Morgan fingerprint density at radius 3 is 2.71 bits per heavy atom. The van der Waals surface area contributed by atoms with Gasteiger partial charge in [-0.2, -0.15) is 0 Å².